The highest BCUT2D eigenvalue weighted by atomic mass is 35.5. The first-order valence-corrected chi connectivity index (χ1v) is 21.3. The van der Waals surface area contributed by atoms with E-state index in [9.17, 15) is 8.78 Å². The van der Waals surface area contributed by atoms with Gasteiger partial charge in [0.15, 0.2) is 9.60 Å². The second-order valence-corrected chi connectivity index (χ2v) is 17.1. The molecule has 0 amide bonds. The molecule has 12 nitrogen and oxygen atoms in total. The third-order valence-electron chi connectivity index (χ3n) is 10.4. The summed E-state index contributed by atoms with van der Waals surface area (Å²) in [5, 5.41) is 4.15. The second kappa shape index (κ2) is 19.9. The van der Waals surface area contributed by atoms with E-state index in [1.165, 1.54) is 34.8 Å². The molecule has 0 atom stereocenters. The van der Waals surface area contributed by atoms with Crippen molar-refractivity contribution >= 4 is 72.2 Å². The van der Waals surface area contributed by atoms with Crippen LogP contribution in [0, 0.1) is 11.6 Å². The Balaban J connectivity index is 0.000000146. The first-order valence-electron chi connectivity index (χ1n) is 19.2. The summed E-state index contributed by atoms with van der Waals surface area (Å²) in [5.74, 6) is 1.52. The van der Waals surface area contributed by atoms with Crippen LogP contribution in [0.4, 0.5) is 13.9 Å². The second-order valence-electron chi connectivity index (χ2n) is 14.4. The quantitative estimate of drug-likeness (QED) is 0.150. The lowest BCUT2D eigenvalue weighted by atomic mass is 9.89. The lowest BCUT2D eigenvalue weighted by Crippen LogP contribution is -2.43. The Labute approximate surface area is 353 Å². The fraction of sp³-hybridized carbons (Fsp3) is 0.450. The van der Waals surface area contributed by atoms with E-state index in [2.05, 4.69) is 35.2 Å². The number of para-hydroxylation sites is 2. The van der Waals surface area contributed by atoms with Crippen molar-refractivity contribution in [2.45, 2.75) is 87.5 Å². The highest BCUT2D eigenvalue weighted by molar-refractivity contribution is 7.22. The van der Waals surface area contributed by atoms with Gasteiger partial charge in [-0.1, -0.05) is 35.1 Å². The van der Waals surface area contributed by atoms with Gasteiger partial charge in [-0.3, -0.25) is 9.97 Å². The minimum atomic E-state index is -0.314. The summed E-state index contributed by atoms with van der Waals surface area (Å²) >= 11 is 8.35. The van der Waals surface area contributed by atoms with Gasteiger partial charge in [-0.05, 0) is 62.8 Å². The van der Waals surface area contributed by atoms with E-state index in [0.717, 1.165) is 104 Å². The van der Waals surface area contributed by atoms with Gasteiger partial charge in [0.1, 0.15) is 46.3 Å². The van der Waals surface area contributed by atoms with E-state index in [0.29, 0.717) is 45.1 Å². The monoisotopic (exact) mass is 872 g/mol. The fourth-order valence-electron chi connectivity index (χ4n) is 7.19. The minimum absolute atomic E-state index is 0. The van der Waals surface area contributed by atoms with Gasteiger partial charge in [0, 0.05) is 88.0 Å². The van der Waals surface area contributed by atoms with E-state index >= 15 is 0 Å². The summed E-state index contributed by atoms with van der Waals surface area (Å²) in [6.45, 7) is 3.13. The first-order chi connectivity index (χ1) is 27.9. The minimum Gasteiger partial charge on any atom is -0.473 e. The molecule has 18 heteroatoms. The molecular formula is C40H44Cl2F2N8O4S2. The van der Waals surface area contributed by atoms with Crippen molar-refractivity contribution in [2.24, 2.45) is 5.73 Å². The molecule has 2 aliphatic heterocycles. The molecule has 0 radical (unpaired) electrons. The maximum Gasteiger partial charge on any atom is 0.236 e. The van der Waals surface area contributed by atoms with Gasteiger partial charge < -0.3 is 30.0 Å². The molecule has 0 unspecified atom stereocenters. The fourth-order valence-corrected chi connectivity index (χ4v) is 9.19. The Bertz CT molecular complexity index is 2250. The third kappa shape index (κ3) is 10.4. The number of nitrogens with one attached hydrogen (secondary N) is 1. The number of ether oxygens (including phenoxy) is 4. The molecule has 6 heterocycles. The topological polar surface area (TPSA) is 152 Å². The number of aromatic nitrogens is 6. The number of hydrogen-bond acceptors (Lipinski definition) is 14. The zero-order chi connectivity index (χ0) is 39.1. The Morgan fingerprint density at radius 3 is 1.66 bits per heavy atom. The van der Waals surface area contributed by atoms with Crippen LogP contribution in [0.25, 0.3) is 20.4 Å². The molecule has 6 aromatic rings. The summed E-state index contributed by atoms with van der Waals surface area (Å²) in [6, 6.07) is 10.4. The van der Waals surface area contributed by atoms with E-state index in [-0.39, 0.29) is 42.3 Å². The third-order valence-corrected chi connectivity index (χ3v) is 12.5. The van der Waals surface area contributed by atoms with Crippen LogP contribution in [0.15, 0.2) is 61.2 Å². The van der Waals surface area contributed by atoms with Crippen LogP contribution in [0.2, 0.25) is 4.47 Å². The molecule has 2 aromatic carbocycles. The number of nitrogens with zero attached hydrogens (tertiary/aromatic N) is 6. The maximum atomic E-state index is 13.8. The lowest BCUT2D eigenvalue weighted by Gasteiger charge is -2.36. The Morgan fingerprint density at radius 2 is 1.16 bits per heavy atom. The average molecular weight is 874 g/mol. The summed E-state index contributed by atoms with van der Waals surface area (Å²) in [5.41, 5.74) is 8.50. The highest BCUT2D eigenvalue weighted by Gasteiger charge is 2.34. The summed E-state index contributed by atoms with van der Waals surface area (Å²) in [7, 11) is 0. The van der Waals surface area contributed by atoms with Gasteiger partial charge in [-0.2, -0.15) is 0 Å². The number of rotatable bonds is 8. The largest absolute Gasteiger partial charge is 0.473 e. The normalized spacial score (nSPS) is 21.9. The number of halogens is 4. The summed E-state index contributed by atoms with van der Waals surface area (Å²) in [6.07, 6.45) is 14.7. The van der Waals surface area contributed by atoms with Crippen LogP contribution < -0.4 is 20.5 Å². The molecule has 4 aliphatic rings. The van der Waals surface area contributed by atoms with E-state index in [1.807, 2.05) is 6.07 Å². The molecule has 2 saturated carbocycles. The Hall–Kier alpha value is -3.90. The number of anilines is 1. The standard InChI is InChI=1S/C20H21FN4O2S.C13H19N3O2.C7H3ClFNS.ClH/c21-15-2-1-3-16-18(15)25-20(28-16)24-13-10-14(11-13)27-19-17(22-6-7-23-19)12-4-8-26-9-5-12;14-10-7-11(8-10)18-13-12(15-3-4-16-13)9-1-5-17-6-2-9;8-7-10-6-4(9)2-1-3-5(6)11-7;/h1-3,6-7,12-14H,4-5,8-11H2,(H,24,25);3-4,9-11H,1-2,5-8,14H2;1-3H;1H. The predicted molar refractivity (Wildman–Crippen MR) is 224 cm³/mol. The van der Waals surface area contributed by atoms with Crippen LogP contribution in [0.1, 0.15) is 74.6 Å². The van der Waals surface area contributed by atoms with Crippen molar-refractivity contribution in [3.05, 3.63) is 88.7 Å². The molecule has 4 fully saturated rings. The first kappa shape index (κ1) is 42.2. The van der Waals surface area contributed by atoms with Crippen molar-refractivity contribution in [3.8, 4) is 11.8 Å². The predicted octanol–water partition coefficient (Wildman–Crippen LogP) is 8.89. The molecule has 10 rings (SSSR count). The van der Waals surface area contributed by atoms with Gasteiger partial charge >= 0.3 is 0 Å². The molecule has 4 aromatic heterocycles. The van der Waals surface area contributed by atoms with Crippen LogP contribution >= 0.6 is 46.7 Å². The lowest BCUT2D eigenvalue weighted by molar-refractivity contribution is 0.0764. The number of benzene rings is 2. The Kier molecular flexibility index (Phi) is 14.5. The van der Waals surface area contributed by atoms with Crippen LogP contribution in [-0.2, 0) is 9.47 Å². The molecule has 0 bridgehead atoms. The van der Waals surface area contributed by atoms with Gasteiger partial charge in [0.2, 0.25) is 11.8 Å². The molecule has 58 heavy (non-hydrogen) atoms. The maximum absolute atomic E-state index is 13.8. The van der Waals surface area contributed by atoms with E-state index in [1.54, 1.807) is 43.0 Å². The summed E-state index contributed by atoms with van der Waals surface area (Å²) < 4.78 is 51.6. The van der Waals surface area contributed by atoms with Crippen LogP contribution in [0.3, 0.4) is 0 Å². The molecule has 0 spiro atoms. The van der Waals surface area contributed by atoms with Gasteiger partial charge in [-0.25, -0.2) is 28.7 Å². The number of thiazole rings is 2. The van der Waals surface area contributed by atoms with Crippen molar-refractivity contribution in [3.63, 3.8) is 0 Å². The van der Waals surface area contributed by atoms with Crippen molar-refractivity contribution in [1.82, 2.24) is 29.9 Å². The van der Waals surface area contributed by atoms with Gasteiger partial charge in [0.05, 0.1) is 9.40 Å². The Morgan fingerprint density at radius 1 is 0.672 bits per heavy atom. The van der Waals surface area contributed by atoms with Crippen LogP contribution in [-0.4, -0.2) is 80.6 Å². The smallest absolute Gasteiger partial charge is 0.236 e. The summed E-state index contributed by atoms with van der Waals surface area (Å²) in [4.78, 5) is 25.9. The number of hydrogen-bond donors (Lipinski definition) is 2. The molecule has 308 valence electrons. The van der Waals surface area contributed by atoms with Crippen molar-refractivity contribution in [1.29, 1.82) is 0 Å². The zero-order valence-corrected chi connectivity index (χ0v) is 34.7. The number of nitrogens with two attached hydrogens (primary N) is 1. The highest BCUT2D eigenvalue weighted by Crippen LogP contribution is 2.36. The van der Waals surface area contributed by atoms with Crippen LogP contribution in [0.5, 0.6) is 11.8 Å². The van der Waals surface area contributed by atoms with E-state index < -0.39 is 0 Å². The van der Waals surface area contributed by atoms with E-state index in [4.69, 9.17) is 36.3 Å². The molecule has 2 saturated heterocycles. The average Bonchev–Trinajstić information content (AvgIpc) is 3.82. The number of fused-ring (bicyclic) bond motifs is 2. The molecule has 3 N–H and O–H groups in total. The zero-order valence-electron chi connectivity index (χ0n) is 31.5. The van der Waals surface area contributed by atoms with Crippen molar-refractivity contribution in [2.75, 3.05) is 31.7 Å². The molecule has 2 aliphatic carbocycles. The van der Waals surface area contributed by atoms with Gasteiger partial charge in [-0.15, -0.1) is 23.7 Å². The molecular weight excluding hydrogens is 830 g/mol. The van der Waals surface area contributed by atoms with Crippen molar-refractivity contribution < 1.29 is 27.7 Å². The SMILES string of the molecule is Cl.Fc1cccc2sc(Cl)nc12.Fc1cccc2sc(NC3CC(Oc4nccnc4C4CCOCC4)C3)nc12.NC1CC(Oc2nccnc2C2CCOCC2)C1. The van der Waals surface area contributed by atoms with Gasteiger partial charge in [0.25, 0.3) is 0 Å².